The van der Waals surface area contributed by atoms with Gasteiger partial charge in [0.2, 0.25) is 5.91 Å². The van der Waals surface area contributed by atoms with Gasteiger partial charge < -0.3 is 26.4 Å². The fourth-order valence-electron chi connectivity index (χ4n) is 4.20. The fourth-order valence-corrected chi connectivity index (χ4v) is 4.20. The molecule has 2 aromatic rings. The first-order chi connectivity index (χ1) is 16.5. The number of aliphatic hydroxyl groups is 1. The van der Waals surface area contributed by atoms with Crippen LogP contribution in [-0.2, 0) is 17.8 Å². The summed E-state index contributed by atoms with van der Waals surface area (Å²) in [6.45, 7) is 4.33. The molecule has 0 saturated heterocycles. The number of hydrogen-bond donors (Lipinski definition) is 4. The third-order valence-corrected chi connectivity index (χ3v) is 5.86. The molecule has 4 rings (SSSR count). The summed E-state index contributed by atoms with van der Waals surface area (Å²) in [5.74, 6) is -0.149. The van der Waals surface area contributed by atoms with Gasteiger partial charge in [-0.15, -0.1) is 0 Å². The van der Waals surface area contributed by atoms with Crippen LogP contribution in [0.2, 0.25) is 0 Å². The maximum atomic E-state index is 13.0. The van der Waals surface area contributed by atoms with Crippen molar-refractivity contribution in [2.24, 2.45) is 10.7 Å². The zero-order valence-electron chi connectivity index (χ0n) is 19.3. The van der Waals surface area contributed by atoms with Crippen LogP contribution in [0.4, 0.5) is 11.4 Å². The molecule has 0 radical (unpaired) electrons. The molecule has 2 aliphatic rings. The van der Waals surface area contributed by atoms with Crippen molar-refractivity contribution in [3.63, 3.8) is 0 Å². The third-order valence-electron chi connectivity index (χ3n) is 5.86. The molecular weight excluding hydrogens is 432 g/mol. The highest BCUT2D eigenvalue weighted by Crippen LogP contribution is 2.29. The van der Waals surface area contributed by atoms with E-state index in [2.05, 4.69) is 20.6 Å². The average molecular weight is 463 g/mol. The van der Waals surface area contributed by atoms with E-state index in [0.29, 0.717) is 40.5 Å². The average Bonchev–Trinajstić information content (AvgIpc) is 3.00. The van der Waals surface area contributed by atoms with Crippen molar-refractivity contribution in [1.29, 1.82) is 0 Å². The van der Waals surface area contributed by atoms with E-state index in [-0.39, 0.29) is 31.4 Å². The van der Waals surface area contributed by atoms with E-state index in [9.17, 15) is 14.7 Å². The summed E-state index contributed by atoms with van der Waals surface area (Å²) in [5.41, 5.74) is 11.1. The number of carbonyl (C=O) groups excluding carboxylic acids is 2. The number of benzene rings is 1. The summed E-state index contributed by atoms with van der Waals surface area (Å²) in [6, 6.07) is 7.09. The van der Waals surface area contributed by atoms with Crippen molar-refractivity contribution in [2.45, 2.75) is 32.7 Å². The molecule has 0 spiro atoms. The summed E-state index contributed by atoms with van der Waals surface area (Å²) < 4.78 is 0. The number of aliphatic hydroxyl groups excluding tert-OH is 1. The van der Waals surface area contributed by atoms with Gasteiger partial charge >= 0.3 is 0 Å². The van der Waals surface area contributed by atoms with E-state index < -0.39 is 0 Å². The van der Waals surface area contributed by atoms with Crippen LogP contribution in [0.1, 0.15) is 46.9 Å². The Balaban J connectivity index is 1.56. The molecule has 0 saturated carbocycles. The Hall–Kier alpha value is -3.56. The van der Waals surface area contributed by atoms with Crippen LogP contribution in [-0.4, -0.2) is 58.9 Å². The standard InChI is InChI=1S/C25H30N6O3/c1-2-7-31(8-9-32)25(34)18-10-16-3-4-17(12-22(16)30-23(26)13-18)24(33)29-20-11-19-14-27-6-5-21(19)28-15-20/h3-4,10-12,15,27,32H,2,5-9,13-14H2,1H3,(H2,26,30)(H,29,33). The van der Waals surface area contributed by atoms with Crippen LogP contribution in [0, 0.1) is 0 Å². The lowest BCUT2D eigenvalue weighted by atomic mass is 10.0. The van der Waals surface area contributed by atoms with E-state index in [0.717, 1.165) is 37.2 Å². The number of aliphatic imine (C=N–C) groups is 1. The predicted molar refractivity (Wildman–Crippen MR) is 132 cm³/mol. The molecule has 2 aliphatic heterocycles. The Morgan fingerprint density at radius 2 is 2.12 bits per heavy atom. The second kappa shape index (κ2) is 10.6. The molecule has 0 unspecified atom stereocenters. The highest BCUT2D eigenvalue weighted by molar-refractivity contribution is 6.07. The Morgan fingerprint density at radius 1 is 1.26 bits per heavy atom. The number of amides is 2. The Morgan fingerprint density at radius 3 is 2.91 bits per heavy atom. The van der Waals surface area contributed by atoms with Gasteiger partial charge in [0.25, 0.3) is 5.91 Å². The maximum absolute atomic E-state index is 13.0. The number of amidine groups is 1. The molecule has 2 amide bonds. The Bertz CT molecular complexity index is 1150. The van der Waals surface area contributed by atoms with Gasteiger partial charge in [-0.2, -0.15) is 0 Å². The molecule has 34 heavy (non-hydrogen) atoms. The summed E-state index contributed by atoms with van der Waals surface area (Å²) >= 11 is 0. The van der Waals surface area contributed by atoms with Gasteiger partial charge in [-0.05, 0) is 36.3 Å². The highest BCUT2D eigenvalue weighted by atomic mass is 16.3. The van der Waals surface area contributed by atoms with E-state index in [1.165, 1.54) is 0 Å². The molecule has 178 valence electrons. The predicted octanol–water partition coefficient (Wildman–Crippen LogP) is 1.99. The number of nitrogens with two attached hydrogens (primary N) is 1. The van der Waals surface area contributed by atoms with Gasteiger partial charge in [0.1, 0.15) is 5.84 Å². The first-order valence-electron chi connectivity index (χ1n) is 11.6. The van der Waals surface area contributed by atoms with E-state index in [1.807, 2.05) is 13.0 Å². The molecule has 9 nitrogen and oxygen atoms in total. The summed E-state index contributed by atoms with van der Waals surface area (Å²) in [5, 5.41) is 15.5. The van der Waals surface area contributed by atoms with Gasteiger partial charge in [0.15, 0.2) is 0 Å². The molecule has 0 atom stereocenters. The SMILES string of the molecule is CCCN(CCO)C(=O)C1=Cc2ccc(C(=O)Nc3cnc4c(c3)CNCC4)cc2N=C(N)C1. The van der Waals surface area contributed by atoms with Crippen molar-refractivity contribution in [2.75, 3.05) is 31.6 Å². The zero-order chi connectivity index (χ0) is 24.1. The van der Waals surface area contributed by atoms with Crippen molar-refractivity contribution in [1.82, 2.24) is 15.2 Å². The highest BCUT2D eigenvalue weighted by Gasteiger charge is 2.21. The van der Waals surface area contributed by atoms with Crippen LogP contribution in [0.5, 0.6) is 0 Å². The summed E-state index contributed by atoms with van der Waals surface area (Å²) in [7, 11) is 0. The van der Waals surface area contributed by atoms with Gasteiger partial charge in [-0.3, -0.25) is 14.6 Å². The molecule has 3 heterocycles. The summed E-state index contributed by atoms with van der Waals surface area (Å²) in [6.07, 6.45) is 5.31. The first kappa shape index (κ1) is 23.6. The fraction of sp³-hybridized carbons (Fsp3) is 0.360. The minimum absolute atomic E-state index is 0.103. The number of nitrogens with zero attached hydrogens (tertiary/aromatic N) is 3. The minimum Gasteiger partial charge on any atom is -0.395 e. The van der Waals surface area contributed by atoms with Crippen molar-refractivity contribution < 1.29 is 14.7 Å². The second-order valence-electron chi connectivity index (χ2n) is 8.45. The largest absolute Gasteiger partial charge is 0.395 e. The van der Waals surface area contributed by atoms with Crippen LogP contribution in [0.25, 0.3) is 6.08 Å². The quantitative estimate of drug-likeness (QED) is 0.497. The molecular formula is C25H30N6O3. The van der Waals surface area contributed by atoms with Gasteiger partial charge in [-0.1, -0.05) is 13.0 Å². The lowest BCUT2D eigenvalue weighted by Gasteiger charge is -2.22. The molecule has 0 fully saturated rings. The summed E-state index contributed by atoms with van der Waals surface area (Å²) in [4.78, 5) is 36.5. The van der Waals surface area contributed by atoms with E-state index in [1.54, 1.807) is 35.4 Å². The molecule has 5 N–H and O–H groups in total. The van der Waals surface area contributed by atoms with Gasteiger partial charge in [0.05, 0.1) is 24.2 Å². The van der Waals surface area contributed by atoms with Crippen LogP contribution < -0.4 is 16.4 Å². The minimum atomic E-state index is -0.274. The third kappa shape index (κ3) is 5.32. The lowest BCUT2D eigenvalue weighted by Crippen LogP contribution is -2.36. The number of hydrogen-bond acceptors (Lipinski definition) is 7. The molecule has 0 bridgehead atoms. The lowest BCUT2D eigenvalue weighted by molar-refractivity contribution is -0.127. The Labute approximate surface area is 198 Å². The first-order valence-corrected chi connectivity index (χ1v) is 11.6. The zero-order valence-corrected chi connectivity index (χ0v) is 19.3. The molecule has 0 aliphatic carbocycles. The van der Waals surface area contributed by atoms with Crippen molar-refractivity contribution in [3.8, 4) is 0 Å². The van der Waals surface area contributed by atoms with Crippen LogP contribution in [0.15, 0.2) is 41.0 Å². The van der Waals surface area contributed by atoms with Crippen molar-refractivity contribution in [3.05, 3.63) is 58.4 Å². The van der Waals surface area contributed by atoms with Gasteiger partial charge in [0, 0.05) is 61.4 Å². The van der Waals surface area contributed by atoms with E-state index in [4.69, 9.17) is 5.73 Å². The van der Waals surface area contributed by atoms with Gasteiger partial charge in [-0.25, -0.2) is 4.99 Å². The monoisotopic (exact) mass is 462 g/mol. The number of nitrogens with one attached hydrogen (secondary N) is 2. The second-order valence-corrected chi connectivity index (χ2v) is 8.45. The molecule has 1 aromatic carbocycles. The number of anilines is 1. The maximum Gasteiger partial charge on any atom is 0.255 e. The molecule has 9 heteroatoms. The molecule has 1 aromatic heterocycles. The number of fused-ring (bicyclic) bond motifs is 2. The number of pyridine rings is 1. The number of aromatic nitrogens is 1. The van der Waals surface area contributed by atoms with E-state index >= 15 is 0 Å². The van der Waals surface area contributed by atoms with Crippen molar-refractivity contribution >= 4 is 35.1 Å². The normalized spacial score (nSPS) is 14.8. The smallest absolute Gasteiger partial charge is 0.255 e. The Kier molecular flexibility index (Phi) is 7.34. The number of carbonyl (C=O) groups is 2. The van der Waals surface area contributed by atoms with Crippen LogP contribution in [0.3, 0.4) is 0 Å². The number of rotatable bonds is 7. The van der Waals surface area contributed by atoms with Crippen LogP contribution >= 0.6 is 0 Å². The topological polar surface area (TPSA) is 133 Å².